The Labute approximate surface area is 279 Å². The third-order valence-electron chi connectivity index (χ3n) is 8.33. The molecule has 13 heteroatoms. The zero-order valence-corrected chi connectivity index (χ0v) is 26.2. The molecule has 0 spiro atoms. The summed E-state index contributed by atoms with van der Waals surface area (Å²) in [5, 5.41) is 20.9. The lowest BCUT2D eigenvalue weighted by atomic mass is 9.82. The van der Waals surface area contributed by atoms with Crippen molar-refractivity contribution in [2.24, 2.45) is 5.92 Å². The van der Waals surface area contributed by atoms with E-state index in [1.165, 1.54) is 0 Å². The molecule has 0 radical (unpaired) electrons. The molecule has 0 aromatic heterocycles. The van der Waals surface area contributed by atoms with E-state index < -0.39 is 30.1 Å². The molecule has 256 valence electrons. The first kappa shape index (κ1) is 34.8. The van der Waals surface area contributed by atoms with Crippen LogP contribution in [0.25, 0.3) is 0 Å². The molecule has 49 heavy (non-hydrogen) atoms. The molecule has 0 aliphatic carbocycles. The smallest absolute Gasteiger partial charge is 0.490 e. The third kappa shape index (κ3) is 8.30. The van der Waals surface area contributed by atoms with Crippen molar-refractivity contribution < 1.29 is 52.0 Å². The largest absolute Gasteiger partial charge is 0.497 e. The standard InChI is InChI=1S/C34H32N2O6.C2HF3O2/c1-40-26-15-12-24(13-16-26)33-31(34(38)39)27(25-14-17-28-29(18-25)42-21-41-28)19-36(33)20-30(37)35-32(22-8-4-2-5-9-22)23-10-6-3-7-11-23;3-2(4,5)1(6)7/h2-18,27,31-33H,19-21H2,1H3,(H,35,37)(H,38,39);(H,6,7)/t27-,31-,33+;/m1./s1. The highest BCUT2D eigenvalue weighted by Gasteiger charge is 2.48. The molecular weight excluding hydrogens is 645 g/mol. The topological polar surface area (TPSA) is 135 Å². The number of aliphatic carboxylic acids is 2. The Morgan fingerprint density at radius 3 is 1.94 bits per heavy atom. The molecule has 6 rings (SSSR count). The average Bonchev–Trinajstić information content (AvgIpc) is 3.72. The molecule has 1 amide bonds. The molecule has 2 aliphatic rings. The molecule has 4 aromatic carbocycles. The normalized spacial score (nSPS) is 18.3. The highest BCUT2D eigenvalue weighted by Crippen LogP contribution is 2.47. The SMILES string of the molecule is COc1ccc([C@H]2[C@H](C(=O)O)[C@@H](c3ccc4c(c3)OCO4)CN2CC(=O)NC(c2ccccc2)c2ccccc2)cc1.O=C(O)C(F)(F)F. The van der Waals surface area contributed by atoms with E-state index in [1.54, 1.807) is 7.11 Å². The van der Waals surface area contributed by atoms with Gasteiger partial charge in [0.05, 0.1) is 25.6 Å². The summed E-state index contributed by atoms with van der Waals surface area (Å²) in [6.45, 7) is 0.538. The first-order valence-electron chi connectivity index (χ1n) is 15.2. The highest BCUT2D eigenvalue weighted by molar-refractivity contribution is 5.80. The number of fused-ring (bicyclic) bond motifs is 1. The van der Waals surface area contributed by atoms with Gasteiger partial charge in [0.15, 0.2) is 11.5 Å². The Morgan fingerprint density at radius 1 is 0.857 bits per heavy atom. The van der Waals surface area contributed by atoms with Crippen molar-refractivity contribution in [2.45, 2.75) is 24.2 Å². The Bertz CT molecular complexity index is 1710. The number of nitrogens with zero attached hydrogens (tertiary/aromatic N) is 1. The van der Waals surface area contributed by atoms with E-state index >= 15 is 0 Å². The van der Waals surface area contributed by atoms with Crippen molar-refractivity contribution in [1.82, 2.24) is 10.2 Å². The molecule has 3 N–H and O–H groups in total. The van der Waals surface area contributed by atoms with E-state index in [9.17, 15) is 27.9 Å². The molecule has 1 fully saturated rings. The monoisotopic (exact) mass is 678 g/mol. The number of methoxy groups -OCH3 is 1. The number of likely N-dealkylation sites (tertiary alicyclic amines) is 1. The van der Waals surface area contributed by atoms with Crippen LogP contribution in [0.5, 0.6) is 17.2 Å². The Morgan fingerprint density at radius 2 is 1.41 bits per heavy atom. The minimum absolute atomic E-state index is 0.0255. The van der Waals surface area contributed by atoms with E-state index in [4.69, 9.17) is 24.1 Å². The fourth-order valence-electron chi connectivity index (χ4n) is 6.11. The third-order valence-corrected chi connectivity index (χ3v) is 8.33. The van der Waals surface area contributed by atoms with Gasteiger partial charge in [0.25, 0.3) is 0 Å². The maximum atomic E-state index is 13.7. The first-order valence-corrected chi connectivity index (χ1v) is 15.2. The van der Waals surface area contributed by atoms with Crippen LogP contribution in [-0.2, 0) is 14.4 Å². The summed E-state index contributed by atoms with van der Waals surface area (Å²) in [5.74, 6) is -3.14. The van der Waals surface area contributed by atoms with Crippen molar-refractivity contribution in [1.29, 1.82) is 0 Å². The zero-order valence-electron chi connectivity index (χ0n) is 26.2. The lowest BCUT2D eigenvalue weighted by molar-refractivity contribution is -0.192. The molecule has 2 aliphatic heterocycles. The zero-order chi connectivity index (χ0) is 35.1. The number of benzene rings is 4. The van der Waals surface area contributed by atoms with Crippen LogP contribution in [0, 0.1) is 5.92 Å². The number of hydrogen-bond donors (Lipinski definition) is 3. The van der Waals surface area contributed by atoms with E-state index in [0.29, 0.717) is 23.8 Å². The predicted molar refractivity (Wildman–Crippen MR) is 170 cm³/mol. The summed E-state index contributed by atoms with van der Waals surface area (Å²) in [7, 11) is 1.59. The van der Waals surface area contributed by atoms with Gasteiger partial charge in [-0.2, -0.15) is 13.2 Å². The number of hydrogen-bond acceptors (Lipinski definition) is 7. The molecule has 0 bridgehead atoms. The van der Waals surface area contributed by atoms with Crippen molar-refractivity contribution in [3.05, 3.63) is 125 Å². The van der Waals surface area contributed by atoms with E-state index in [0.717, 1.165) is 22.3 Å². The fourth-order valence-corrected chi connectivity index (χ4v) is 6.11. The van der Waals surface area contributed by atoms with Crippen molar-refractivity contribution in [3.8, 4) is 17.2 Å². The lowest BCUT2D eigenvalue weighted by Gasteiger charge is -2.28. The van der Waals surface area contributed by atoms with Crippen LogP contribution in [0.3, 0.4) is 0 Å². The van der Waals surface area contributed by atoms with Gasteiger partial charge in [0, 0.05) is 18.5 Å². The summed E-state index contributed by atoms with van der Waals surface area (Å²) in [6, 6.07) is 31.7. The summed E-state index contributed by atoms with van der Waals surface area (Å²) in [6.07, 6.45) is -5.08. The Balaban J connectivity index is 0.000000606. The molecule has 0 unspecified atom stereocenters. The van der Waals surface area contributed by atoms with Crippen LogP contribution >= 0.6 is 0 Å². The van der Waals surface area contributed by atoms with E-state index in [1.807, 2.05) is 108 Å². The number of alkyl halides is 3. The molecule has 4 aromatic rings. The molecule has 1 saturated heterocycles. The van der Waals surface area contributed by atoms with Crippen molar-refractivity contribution in [2.75, 3.05) is 27.0 Å². The molecule has 3 atom stereocenters. The number of carbonyl (C=O) groups is 3. The van der Waals surface area contributed by atoms with Gasteiger partial charge < -0.3 is 29.7 Å². The number of carbonyl (C=O) groups excluding carboxylic acids is 1. The maximum absolute atomic E-state index is 13.7. The summed E-state index contributed by atoms with van der Waals surface area (Å²) in [4.78, 5) is 37.5. The number of halogens is 3. The first-order chi connectivity index (χ1) is 23.5. The number of carboxylic acids is 2. The maximum Gasteiger partial charge on any atom is 0.490 e. The van der Waals surface area contributed by atoms with Gasteiger partial charge in [0.2, 0.25) is 12.7 Å². The molecule has 10 nitrogen and oxygen atoms in total. The second kappa shape index (κ2) is 15.1. The average molecular weight is 679 g/mol. The van der Waals surface area contributed by atoms with Crippen LogP contribution in [0.15, 0.2) is 103 Å². The second-order valence-corrected chi connectivity index (χ2v) is 11.4. The van der Waals surface area contributed by atoms with Crippen LogP contribution in [0.4, 0.5) is 13.2 Å². The van der Waals surface area contributed by atoms with Crippen LogP contribution in [-0.4, -0.2) is 66.1 Å². The van der Waals surface area contributed by atoms with Gasteiger partial charge in [-0.3, -0.25) is 14.5 Å². The van der Waals surface area contributed by atoms with Gasteiger partial charge >= 0.3 is 18.1 Å². The lowest BCUT2D eigenvalue weighted by Crippen LogP contribution is -2.40. The van der Waals surface area contributed by atoms with Crippen LogP contribution in [0.1, 0.15) is 40.3 Å². The van der Waals surface area contributed by atoms with Crippen LogP contribution in [0.2, 0.25) is 0 Å². The Kier molecular flexibility index (Phi) is 10.7. The molecular formula is C36H33F3N2O8. The minimum atomic E-state index is -5.08. The number of ether oxygens (including phenoxy) is 3. The molecule has 0 saturated carbocycles. The highest BCUT2D eigenvalue weighted by atomic mass is 19.4. The van der Waals surface area contributed by atoms with Gasteiger partial charge in [-0.25, -0.2) is 4.79 Å². The predicted octanol–water partition coefficient (Wildman–Crippen LogP) is 5.80. The van der Waals surface area contributed by atoms with Crippen LogP contribution < -0.4 is 19.5 Å². The second-order valence-electron chi connectivity index (χ2n) is 11.4. The number of amides is 1. The number of carboxylic acid groups (broad SMARTS) is 2. The van der Waals surface area contributed by atoms with Gasteiger partial charge in [-0.1, -0.05) is 78.9 Å². The molecule has 2 heterocycles. The number of nitrogens with one attached hydrogen (secondary N) is 1. The number of rotatable bonds is 9. The summed E-state index contributed by atoms with van der Waals surface area (Å²) >= 11 is 0. The van der Waals surface area contributed by atoms with Gasteiger partial charge in [-0.05, 0) is 46.5 Å². The van der Waals surface area contributed by atoms with Gasteiger partial charge in [0.1, 0.15) is 5.75 Å². The summed E-state index contributed by atoms with van der Waals surface area (Å²) in [5.41, 5.74) is 3.57. The fraction of sp³-hybridized carbons (Fsp3) is 0.250. The van der Waals surface area contributed by atoms with E-state index in [-0.39, 0.29) is 31.2 Å². The van der Waals surface area contributed by atoms with Crippen molar-refractivity contribution in [3.63, 3.8) is 0 Å². The van der Waals surface area contributed by atoms with Gasteiger partial charge in [-0.15, -0.1) is 0 Å². The van der Waals surface area contributed by atoms with E-state index in [2.05, 4.69) is 5.32 Å². The summed E-state index contributed by atoms with van der Waals surface area (Å²) < 4.78 is 48.1. The minimum Gasteiger partial charge on any atom is -0.497 e. The quantitative estimate of drug-likeness (QED) is 0.201. The van der Waals surface area contributed by atoms with Crippen molar-refractivity contribution >= 4 is 17.8 Å². The Hall–Kier alpha value is -5.56.